The summed E-state index contributed by atoms with van der Waals surface area (Å²) in [6.07, 6.45) is 4.66. The number of halogens is 1. The Kier molecular flexibility index (Phi) is 1.99. The highest BCUT2D eigenvalue weighted by Crippen LogP contribution is 2.70. The molecule has 0 amide bonds. The van der Waals surface area contributed by atoms with Crippen LogP contribution >= 0.6 is 11.6 Å². The summed E-state index contributed by atoms with van der Waals surface area (Å²) in [4.78, 5) is 21.6. The maximum Gasteiger partial charge on any atom is 0.325 e. The number of carboxylic acid groups (broad SMARTS) is 1. The molecule has 2 bridgehead atoms. The van der Waals surface area contributed by atoms with E-state index in [1.807, 2.05) is 0 Å². The van der Waals surface area contributed by atoms with Gasteiger partial charge in [-0.1, -0.05) is 0 Å². The van der Waals surface area contributed by atoms with E-state index in [4.69, 9.17) is 16.7 Å². The second-order valence-corrected chi connectivity index (χ2v) is 6.53. The van der Waals surface area contributed by atoms with Gasteiger partial charge in [0.15, 0.2) is 0 Å². The summed E-state index contributed by atoms with van der Waals surface area (Å²) in [6, 6.07) is 0. The molecule has 3 aliphatic rings. The molecular formula is C12H15ClO3. The van der Waals surface area contributed by atoms with E-state index in [1.165, 1.54) is 0 Å². The monoisotopic (exact) mass is 242 g/mol. The van der Waals surface area contributed by atoms with Crippen LogP contribution in [0.2, 0.25) is 0 Å². The molecular weight excluding hydrogens is 228 g/mol. The SMILES string of the molecule is O=C1C[C@@H]2C[C@H](C1)CC1(C2)C[C@@]1(Cl)C(=O)O. The number of alkyl halides is 1. The molecule has 0 aliphatic heterocycles. The lowest BCUT2D eigenvalue weighted by Crippen LogP contribution is -2.37. The number of hydrogen-bond acceptors (Lipinski definition) is 2. The Morgan fingerprint density at radius 2 is 1.88 bits per heavy atom. The zero-order chi connectivity index (χ0) is 11.6. The fourth-order valence-electron chi connectivity index (χ4n) is 4.06. The van der Waals surface area contributed by atoms with Crippen molar-refractivity contribution in [3.8, 4) is 0 Å². The van der Waals surface area contributed by atoms with Gasteiger partial charge in [-0.25, -0.2) is 0 Å². The van der Waals surface area contributed by atoms with Crippen molar-refractivity contribution < 1.29 is 14.7 Å². The number of carbonyl (C=O) groups excluding carboxylic acids is 1. The third kappa shape index (κ3) is 1.27. The standard InChI is InChI=1S/C12H15ClO3/c13-12(10(15)16)6-11(12)4-7-1-8(5-11)3-9(14)2-7/h7-8H,1-6H2,(H,15,16)/t7-,8+,11?,12-/m1/s1. The molecule has 0 aromatic heterocycles. The first kappa shape index (κ1) is 10.6. The average Bonchev–Trinajstić information content (AvgIpc) is 2.68. The average molecular weight is 243 g/mol. The molecule has 0 heterocycles. The third-order valence-corrected chi connectivity index (χ3v) is 5.39. The van der Waals surface area contributed by atoms with Crippen molar-refractivity contribution in [3.05, 3.63) is 0 Å². The second kappa shape index (κ2) is 3.00. The molecule has 0 radical (unpaired) electrons. The van der Waals surface area contributed by atoms with Crippen LogP contribution in [-0.2, 0) is 9.59 Å². The number of Topliss-reactive ketones (excluding diaryl/α,β-unsaturated/α-hetero) is 1. The quantitative estimate of drug-likeness (QED) is 0.718. The summed E-state index contributed by atoms with van der Waals surface area (Å²) in [7, 11) is 0. The van der Waals surface area contributed by atoms with E-state index in [-0.39, 0.29) is 5.41 Å². The summed E-state index contributed by atoms with van der Waals surface area (Å²) in [5.74, 6) is 0.257. The van der Waals surface area contributed by atoms with Crippen molar-refractivity contribution in [1.29, 1.82) is 0 Å². The number of carboxylic acids is 1. The van der Waals surface area contributed by atoms with Crippen molar-refractivity contribution in [2.24, 2.45) is 17.3 Å². The highest BCUT2D eigenvalue weighted by atomic mass is 35.5. The molecule has 3 aliphatic carbocycles. The zero-order valence-corrected chi connectivity index (χ0v) is 9.79. The molecule has 1 spiro atoms. The van der Waals surface area contributed by atoms with Crippen molar-refractivity contribution >= 4 is 23.4 Å². The lowest BCUT2D eigenvalue weighted by atomic mass is 9.65. The van der Waals surface area contributed by atoms with Gasteiger partial charge in [0.2, 0.25) is 0 Å². The van der Waals surface area contributed by atoms with Crippen molar-refractivity contribution in [3.63, 3.8) is 0 Å². The fourth-order valence-corrected chi connectivity index (χ4v) is 4.47. The Bertz CT molecular complexity index is 362. The van der Waals surface area contributed by atoms with Gasteiger partial charge in [-0.15, -0.1) is 11.6 Å². The molecule has 0 aromatic carbocycles. The van der Waals surface area contributed by atoms with E-state index in [2.05, 4.69) is 0 Å². The lowest BCUT2D eigenvalue weighted by Gasteiger charge is -2.39. The van der Waals surface area contributed by atoms with Crippen molar-refractivity contribution in [1.82, 2.24) is 0 Å². The summed E-state index contributed by atoms with van der Waals surface area (Å²) in [5, 5.41) is 9.15. The third-order valence-electron chi connectivity index (χ3n) is 4.69. The van der Waals surface area contributed by atoms with Crippen LogP contribution in [0.1, 0.15) is 38.5 Å². The normalized spacial score (nSPS) is 50.4. The van der Waals surface area contributed by atoms with Crippen molar-refractivity contribution in [2.45, 2.75) is 43.4 Å². The van der Waals surface area contributed by atoms with Crippen LogP contribution in [0.5, 0.6) is 0 Å². The van der Waals surface area contributed by atoms with Crippen LogP contribution in [0.25, 0.3) is 0 Å². The first-order chi connectivity index (χ1) is 7.45. The zero-order valence-electron chi connectivity index (χ0n) is 9.04. The van der Waals surface area contributed by atoms with Crippen LogP contribution in [0.4, 0.5) is 0 Å². The summed E-state index contributed by atoms with van der Waals surface area (Å²) in [6.45, 7) is 0. The van der Waals surface area contributed by atoms with E-state index in [0.29, 0.717) is 36.9 Å². The summed E-state index contributed by atoms with van der Waals surface area (Å²) < 4.78 is 0. The number of aliphatic carboxylic acids is 1. The molecule has 88 valence electrons. The highest BCUT2D eigenvalue weighted by molar-refractivity contribution is 6.37. The number of fused-ring (bicyclic) bond motifs is 2. The minimum absolute atomic E-state index is 0.200. The van der Waals surface area contributed by atoms with Gasteiger partial charge in [0, 0.05) is 18.3 Å². The van der Waals surface area contributed by atoms with Gasteiger partial charge < -0.3 is 5.11 Å². The number of hydrogen-bond donors (Lipinski definition) is 1. The van der Waals surface area contributed by atoms with Crippen LogP contribution in [-0.4, -0.2) is 21.7 Å². The van der Waals surface area contributed by atoms with Gasteiger partial charge in [0.1, 0.15) is 10.7 Å². The van der Waals surface area contributed by atoms with E-state index in [0.717, 1.165) is 19.3 Å². The predicted octanol–water partition coefficient (Wildman–Crippen LogP) is 2.22. The summed E-state index contributed by atoms with van der Waals surface area (Å²) in [5.41, 5.74) is -0.200. The highest BCUT2D eigenvalue weighted by Gasteiger charge is 2.73. The van der Waals surface area contributed by atoms with Gasteiger partial charge in [-0.3, -0.25) is 9.59 Å². The Hall–Kier alpha value is -0.570. The van der Waals surface area contributed by atoms with Gasteiger partial charge in [0.25, 0.3) is 0 Å². The molecule has 4 atom stereocenters. The van der Waals surface area contributed by atoms with Crippen molar-refractivity contribution in [2.75, 3.05) is 0 Å². The van der Waals surface area contributed by atoms with E-state index < -0.39 is 10.8 Å². The number of ketones is 1. The number of carbonyl (C=O) groups is 2. The predicted molar refractivity (Wildman–Crippen MR) is 58.3 cm³/mol. The van der Waals surface area contributed by atoms with Crippen LogP contribution in [0, 0.1) is 17.3 Å². The number of rotatable bonds is 1. The minimum Gasteiger partial charge on any atom is -0.480 e. The Balaban J connectivity index is 1.82. The van der Waals surface area contributed by atoms with Crippen LogP contribution < -0.4 is 0 Å². The molecule has 3 rings (SSSR count). The Labute approximate surface area is 99.2 Å². The Morgan fingerprint density at radius 3 is 2.31 bits per heavy atom. The second-order valence-electron chi connectivity index (χ2n) is 5.89. The topological polar surface area (TPSA) is 54.4 Å². The van der Waals surface area contributed by atoms with E-state index in [9.17, 15) is 9.59 Å². The minimum atomic E-state index is -1.02. The van der Waals surface area contributed by atoms with E-state index >= 15 is 0 Å². The molecule has 4 heteroatoms. The molecule has 16 heavy (non-hydrogen) atoms. The van der Waals surface area contributed by atoms with E-state index in [1.54, 1.807) is 0 Å². The molecule has 1 N–H and O–H groups in total. The van der Waals surface area contributed by atoms with Gasteiger partial charge >= 0.3 is 5.97 Å². The van der Waals surface area contributed by atoms with Crippen LogP contribution in [0.15, 0.2) is 0 Å². The van der Waals surface area contributed by atoms with Gasteiger partial charge in [0.05, 0.1) is 0 Å². The Morgan fingerprint density at radius 1 is 1.31 bits per heavy atom. The maximum atomic E-state index is 11.5. The largest absolute Gasteiger partial charge is 0.480 e. The molecule has 3 fully saturated rings. The first-order valence-electron chi connectivity index (χ1n) is 5.89. The molecule has 1 unspecified atom stereocenters. The summed E-state index contributed by atoms with van der Waals surface area (Å²) >= 11 is 6.18. The molecule has 0 saturated heterocycles. The first-order valence-corrected chi connectivity index (χ1v) is 6.27. The molecule has 3 saturated carbocycles. The van der Waals surface area contributed by atoms with Gasteiger partial charge in [-0.05, 0) is 37.5 Å². The molecule has 3 nitrogen and oxygen atoms in total. The molecule has 0 aromatic rings. The fraction of sp³-hybridized carbons (Fsp3) is 0.833. The maximum absolute atomic E-state index is 11.5. The van der Waals surface area contributed by atoms with Crippen LogP contribution in [0.3, 0.4) is 0 Å². The lowest BCUT2D eigenvalue weighted by molar-refractivity contribution is -0.138. The van der Waals surface area contributed by atoms with Gasteiger partial charge in [-0.2, -0.15) is 0 Å². The smallest absolute Gasteiger partial charge is 0.325 e.